The molecule has 0 saturated carbocycles. The quantitative estimate of drug-likeness (QED) is 0.757. The molecular formula is C14H13NO2. The van der Waals surface area contributed by atoms with Gasteiger partial charge in [-0.25, -0.2) is 4.98 Å². The third kappa shape index (κ3) is 2.50. The van der Waals surface area contributed by atoms with Gasteiger partial charge in [0.2, 0.25) is 11.7 Å². The Morgan fingerprint density at radius 2 is 1.94 bits per heavy atom. The summed E-state index contributed by atoms with van der Waals surface area (Å²) in [4.78, 5) is 16.3. The zero-order chi connectivity index (χ0) is 12.3. The molecule has 0 aliphatic rings. The lowest BCUT2D eigenvalue weighted by Gasteiger charge is -2.03. The molecule has 2 aromatic rings. The van der Waals surface area contributed by atoms with Gasteiger partial charge in [0.05, 0.1) is 7.11 Å². The Labute approximate surface area is 100 Å². The first-order chi connectivity index (χ1) is 8.20. The first-order valence-corrected chi connectivity index (χ1v) is 5.33. The number of aryl methyl sites for hydroxylation is 1. The average molecular weight is 227 g/mol. The Kier molecular flexibility index (Phi) is 3.19. The maximum Gasteiger partial charge on any atom is 0.213 e. The Hall–Kier alpha value is -2.16. The van der Waals surface area contributed by atoms with Gasteiger partial charge < -0.3 is 4.74 Å². The maximum atomic E-state index is 12.1. The second-order valence-corrected chi connectivity index (χ2v) is 3.76. The maximum absolute atomic E-state index is 12.1. The first-order valence-electron chi connectivity index (χ1n) is 5.33. The zero-order valence-electron chi connectivity index (χ0n) is 9.81. The van der Waals surface area contributed by atoms with Crippen LogP contribution >= 0.6 is 0 Å². The van der Waals surface area contributed by atoms with Crippen molar-refractivity contribution in [3.05, 3.63) is 59.3 Å². The predicted octanol–water partition coefficient (Wildman–Crippen LogP) is 2.63. The van der Waals surface area contributed by atoms with Crippen molar-refractivity contribution < 1.29 is 9.53 Å². The fourth-order valence-electron chi connectivity index (χ4n) is 1.59. The number of carbonyl (C=O) groups excluding carboxylic acids is 1. The minimum Gasteiger partial charge on any atom is -0.481 e. The average Bonchev–Trinajstić information content (AvgIpc) is 2.38. The molecule has 2 rings (SSSR count). The molecule has 0 aliphatic heterocycles. The zero-order valence-corrected chi connectivity index (χ0v) is 9.81. The smallest absolute Gasteiger partial charge is 0.213 e. The lowest BCUT2D eigenvalue weighted by atomic mass is 10.1. The molecule has 0 spiro atoms. The van der Waals surface area contributed by atoms with Gasteiger partial charge in [0.15, 0.2) is 0 Å². The fourth-order valence-corrected chi connectivity index (χ4v) is 1.59. The molecule has 0 N–H and O–H groups in total. The number of ketones is 1. The lowest BCUT2D eigenvalue weighted by Crippen LogP contribution is -2.04. The summed E-state index contributed by atoms with van der Waals surface area (Å²) in [6.07, 6.45) is 0. The van der Waals surface area contributed by atoms with Crippen molar-refractivity contribution in [1.29, 1.82) is 0 Å². The SMILES string of the molecule is COc1cccc(C(=O)c2cccc(C)c2)n1. The molecule has 0 fully saturated rings. The van der Waals surface area contributed by atoms with E-state index >= 15 is 0 Å². The molecule has 1 heterocycles. The molecular weight excluding hydrogens is 214 g/mol. The van der Waals surface area contributed by atoms with Crippen LogP contribution in [-0.4, -0.2) is 17.9 Å². The van der Waals surface area contributed by atoms with Gasteiger partial charge in [0, 0.05) is 11.6 Å². The summed E-state index contributed by atoms with van der Waals surface area (Å²) in [5, 5.41) is 0. The molecule has 3 nitrogen and oxygen atoms in total. The van der Waals surface area contributed by atoms with Crippen molar-refractivity contribution in [1.82, 2.24) is 4.98 Å². The van der Waals surface area contributed by atoms with Crippen LogP contribution in [0.3, 0.4) is 0 Å². The van der Waals surface area contributed by atoms with Crippen molar-refractivity contribution >= 4 is 5.78 Å². The van der Waals surface area contributed by atoms with Crippen LogP contribution in [0.5, 0.6) is 5.88 Å². The standard InChI is InChI=1S/C14H13NO2/c1-10-5-3-6-11(9-10)14(16)12-7-4-8-13(15-12)17-2/h3-9H,1-2H3. The normalized spacial score (nSPS) is 10.0. The summed E-state index contributed by atoms with van der Waals surface area (Å²) in [6, 6.07) is 12.6. The highest BCUT2D eigenvalue weighted by Gasteiger charge is 2.11. The van der Waals surface area contributed by atoms with Crippen LogP contribution in [0.4, 0.5) is 0 Å². The van der Waals surface area contributed by atoms with Crippen molar-refractivity contribution in [2.45, 2.75) is 6.92 Å². The molecule has 1 aromatic heterocycles. The molecule has 1 aromatic carbocycles. The van der Waals surface area contributed by atoms with Gasteiger partial charge in [-0.2, -0.15) is 0 Å². The van der Waals surface area contributed by atoms with E-state index in [1.165, 1.54) is 7.11 Å². The Morgan fingerprint density at radius 1 is 1.18 bits per heavy atom. The number of hydrogen-bond donors (Lipinski definition) is 0. The van der Waals surface area contributed by atoms with Crippen molar-refractivity contribution in [2.75, 3.05) is 7.11 Å². The number of aromatic nitrogens is 1. The van der Waals surface area contributed by atoms with E-state index in [9.17, 15) is 4.79 Å². The third-order valence-corrected chi connectivity index (χ3v) is 2.45. The summed E-state index contributed by atoms with van der Waals surface area (Å²) in [6.45, 7) is 1.95. The molecule has 0 radical (unpaired) electrons. The number of benzene rings is 1. The minimum atomic E-state index is -0.0902. The topological polar surface area (TPSA) is 39.2 Å². The molecule has 0 saturated heterocycles. The summed E-state index contributed by atoms with van der Waals surface area (Å²) < 4.78 is 5.00. The molecule has 0 amide bonds. The van der Waals surface area contributed by atoms with Crippen LogP contribution in [0, 0.1) is 6.92 Å². The van der Waals surface area contributed by atoms with E-state index in [1.54, 1.807) is 24.3 Å². The van der Waals surface area contributed by atoms with Crippen LogP contribution in [-0.2, 0) is 0 Å². The summed E-state index contributed by atoms with van der Waals surface area (Å²) in [5.74, 6) is 0.358. The molecule has 0 aliphatic carbocycles. The monoisotopic (exact) mass is 227 g/mol. The van der Waals surface area contributed by atoms with Gasteiger partial charge in [-0.3, -0.25) is 4.79 Å². The van der Waals surface area contributed by atoms with E-state index in [0.717, 1.165) is 5.56 Å². The van der Waals surface area contributed by atoms with Gasteiger partial charge >= 0.3 is 0 Å². The third-order valence-electron chi connectivity index (χ3n) is 2.45. The molecule has 3 heteroatoms. The van der Waals surface area contributed by atoms with Gasteiger partial charge in [-0.15, -0.1) is 0 Å². The van der Waals surface area contributed by atoms with Gasteiger partial charge in [-0.05, 0) is 19.1 Å². The fraction of sp³-hybridized carbons (Fsp3) is 0.143. The summed E-state index contributed by atoms with van der Waals surface area (Å²) in [7, 11) is 1.53. The van der Waals surface area contributed by atoms with Crippen LogP contribution in [0.15, 0.2) is 42.5 Å². The number of carbonyl (C=O) groups is 1. The predicted molar refractivity (Wildman–Crippen MR) is 65.4 cm³/mol. The Balaban J connectivity index is 2.36. The molecule has 86 valence electrons. The highest BCUT2D eigenvalue weighted by atomic mass is 16.5. The van der Waals surface area contributed by atoms with E-state index < -0.39 is 0 Å². The first kappa shape index (κ1) is 11.3. The molecule has 17 heavy (non-hydrogen) atoms. The second-order valence-electron chi connectivity index (χ2n) is 3.76. The Bertz CT molecular complexity index is 549. The van der Waals surface area contributed by atoms with Gasteiger partial charge in [-0.1, -0.05) is 29.8 Å². The van der Waals surface area contributed by atoms with E-state index in [2.05, 4.69) is 4.98 Å². The molecule has 0 bridgehead atoms. The van der Waals surface area contributed by atoms with Crippen molar-refractivity contribution in [3.8, 4) is 5.88 Å². The number of methoxy groups -OCH3 is 1. The Morgan fingerprint density at radius 3 is 2.65 bits per heavy atom. The highest BCUT2D eigenvalue weighted by molar-refractivity contribution is 6.07. The minimum absolute atomic E-state index is 0.0902. The molecule has 0 atom stereocenters. The van der Waals surface area contributed by atoms with Crippen LogP contribution in [0.1, 0.15) is 21.6 Å². The van der Waals surface area contributed by atoms with Crippen LogP contribution in [0.2, 0.25) is 0 Å². The van der Waals surface area contributed by atoms with Crippen LogP contribution in [0.25, 0.3) is 0 Å². The number of rotatable bonds is 3. The van der Waals surface area contributed by atoms with Gasteiger partial charge in [0.25, 0.3) is 0 Å². The number of pyridine rings is 1. The second kappa shape index (κ2) is 4.78. The lowest BCUT2D eigenvalue weighted by molar-refractivity contribution is 0.103. The number of hydrogen-bond acceptors (Lipinski definition) is 3. The van der Waals surface area contributed by atoms with Gasteiger partial charge in [0.1, 0.15) is 5.69 Å². The summed E-state index contributed by atoms with van der Waals surface area (Å²) >= 11 is 0. The van der Waals surface area contributed by atoms with E-state index in [0.29, 0.717) is 17.1 Å². The van der Waals surface area contributed by atoms with E-state index in [-0.39, 0.29) is 5.78 Å². The largest absolute Gasteiger partial charge is 0.481 e. The van der Waals surface area contributed by atoms with E-state index in [4.69, 9.17) is 4.74 Å². The molecule has 0 unspecified atom stereocenters. The van der Waals surface area contributed by atoms with Crippen molar-refractivity contribution in [3.63, 3.8) is 0 Å². The number of ether oxygens (including phenoxy) is 1. The van der Waals surface area contributed by atoms with Crippen molar-refractivity contribution in [2.24, 2.45) is 0 Å². The van der Waals surface area contributed by atoms with E-state index in [1.807, 2.05) is 25.1 Å². The number of nitrogens with zero attached hydrogens (tertiary/aromatic N) is 1. The van der Waals surface area contributed by atoms with Crippen LogP contribution < -0.4 is 4.74 Å². The highest BCUT2D eigenvalue weighted by Crippen LogP contribution is 2.12. The summed E-state index contributed by atoms with van der Waals surface area (Å²) in [5.41, 5.74) is 2.10.